The van der Waals surface area contributed by atoms with Gasteiger partial charge in [-0.05, 0) is 43.4 Å². The maximum Gasteiger partial charge on any atom is 0.414 e. The number of hydrogen-bond acceptors (Lipinski definition) is 6. The fourth-order valence-electron chi connectivity index (χ4n) is 1.98. The van der Waals surface area contributed by atoms with Crippen LogP contribution >= 0.6 is 11.8 Å². The quantitative estimate of drug-likeness (QED) is 0.461. The first-order valence-electron chi connectivity index (χ1n) is 7.60. The number of nitrogen functional groups attached to an aromatic ring is 1. The van der Waals surface area contributed by atoms with E-state index in [2.05, 4.69) is 37.2 Å². The minimum atomic E-state index is -1.82. The van der Waals surface area contributed by atoms with E-state index >= 15 is 0 Å². The molecular formula is C18H22N2O5S. The molecule has 2 aromatic carbocycles. The monoisotopic (exact) mass is 378 g/mol. The molecule has 0 unspecified atom stereocenters. The number of aliphatic hydroxyl groups excluding tert-OH is 1. The van der Waals surface area contributed by atoms with Crippen LogP contribution in [0.1, 0.15) is 11.1 Å². The lowest BCUT2D eigenvalue weighted by atomic mass is 10.2. The molecule has 0 aliphatic carbocycles. The van der Waals surface area contributed by atoms with Crippen LogP contribution in [-0.2, 0) is 22.7 Å². The Morgan fingerprint density at radius 3 is 2.15 bits per heavy atom. The van der Waals surface area contributed by atoms with Crippen molar-refractivity contribution >= 4 is 29.4 Å². The first kappa shape index (κ1) is 21.5. The van der Waals surface area contributed by atoms with Crippen LogP contribution in [0.2, 0.25) is 0 Å². The number of nitrogens with two attached hydrogens (primary N) is 1. The van der Waals surface area contributed by atoms with Crippen molar-refractivity contribution in [2.75, 3.05) is 19.8 Å². The van der Waals surface area contributed by atoms with Crippen molar-refractivity contribution in [3.05, 3.63) is 53.6 Å². The molecule has 26 heavy (non-hydrogen) atoms. The average molecular weight is 378 g/mol. The van der Waals surface area contributed by atoms with E-state index in [9.17, 15) is 0 Å². The SMILES string of the molecule is CN(C)Cc1ccccc1Sc1ccc(CO)cc1N.O=C(O)C(=O)O. The average Bonchev–Trinajstić information content (AvgIpc) is 2.58. The maximum atomic E-state index is 9.12. The van der Waals surface area contributed by atoms with E-state index in [1.54, 1.807) is 11.8 Å². The summed E-state index contributed by atoms with van der Waals surface area (Å²) in [6.07, 6.45) is 0. The lowest BCUT2D eigenvalue weighted by Crippen LogP contribution is -2.11. The van der Waals surface area contributed by atoms with Crippen molar-refractivity contribution in [3.63, 3.8) is 0 Å². The van der Waals surface area contributed by atoms with Crippen molar-refractivity contribution < 1.29 is 24.9 Å². The lowest BCUT2D eigenvalue weighted by molar-refractivity contribution is -0.159. The van der Waals surface area contributed by atoms with Gasteiger partial charge in [0.2, 0.25) is 0 Å². The maximum absolute atomic E-state index is 9.12. The van der Waals surface area contributed by atoms with Crippen LogP contribution in [0.3, 0.4) is 0 Å². The molecular weight excluding hydrogens is 356 g/mol. The fraction of sp³-hybridized carbons (Fsp3) is 0.222. The standard InChI is InChI=1S/C16H20N2OS.C2H2O4/c1-18(2)10-13-5-3-4-6-15(13)20-16-8-7-12(11-19)9-14(16)17;3-1(4)2(5)6/h3-9,19H,10-11,17H2,1-2H3;(H,3,4)(H,5,6). The van der Waals surface area contributed by atoms with Crippen LogP contribution < -0.4 is 5.73 Å². The number of carbonyl (C=O) groups is 2. The third kappa shape index (κ3) is 7.14. The van der Waals surface area contributed by atoms with Gasteiger partial charge in [-0.25, -0.2) is 9.59 Å². The van der Waals surface area contributed by atoms with Crippen LogP contribution in [0.25, 0.3) is 0 Å². The first-order valence-corrected chi connectivity index (χ1v) is 8.42. The molecule has 8 heteroatoms. The van der Waals surface area contributed by atoms with Crippen molar-refractivity contribution in [2.45, 2.75) is 22.9 Å². The molecule has 0 aromatic heterocycles. The molecule has 0 radical (unpaired) electrons. The van der Waals surface area contributed by atoms with Crippen LogP contribution in [0, 0.1) is 0 Å². The van der Waals surface area contributed by atoms with Gasteiger partial charge in [-0.15, -0.1) is 0 Å². The highest BCUT2D eigenvalue weighted by Gasteiger charge is 2.08. The van der Waals surface area contributed by atoms with Gasteiger partial charge < -0.3 is 26.0 Å². The van der Waals surface area contributed by atoms with E-state index in [0.29, 0.717) is 5.69 Å². The van der Waals surface area contributed by atoms with Gasteiger partial charge in [0.1, 0.15) is 0 Å². The van der Waals surface area contributed by atoms with Crippen molar-refractivity contribution in [1.29, 1.82) is 0 Å². The van der Waals surface area contributed by atoms with Crippen molar-refractivity contribution in [2.24, 2.45) is 0 Å². The topological polar surface area (TPSA) is 124 Å². The van der Waals surface area contributed by atoms with E-state index < -0.39 is 11.9 Å². The summed E-state index contributed by atoms with van der Waals surface area (Å²) in [4.78, 5) is 22.6. The summed E-state index contributed by atoms with van der Waals surface area (Å²) in [6, 6.07) is 14.1. The number of anilines is 1. The smallest absolute Gasteiger partial charge is 0.414 e. The van der Waals surface area contributed by atoms with E-state index in [4.69, 9.17) is 30.6 Å². The Morgan fingerprint density at radius 1 is 1.04 bits per heavy atom. The fourth-order valence-corrected chi connectivity index (χ4v) is 2.94. The molecule has 140 valence electrons. The Hall–Kier alpha value is -2.55. The zero-order valence-corrected chi connectivity index (χ0v) is 15.4. The predicted molar refractivity (Wildman–Crippen MR) is 100 cm³/mol. The molecule has 7 nitrogen and oxygen atoms in total. The van der Waals surface area contributed by atoms with Gasteiger partial charge in [-0.1, -0.05) is 36.0 Å². The molecule has 0 saturated carbocycles. The van der Waals surface area contributed by atoms with Crippen LogP contribution in [-0.4, -0.2) is 46.3 Å². The molecule has 0 aliphatic heterocycles. The molecule has 0 spiro atoms. The Morgan fingerprint density at radius 2 is 1.65 bits per heavy atom. The summed E-state index contributed by atoms with van der Waals surface area (Å²) in [5.74, 6) is -3.65. The van der Waals surface area contributed by atoms with Crippen LogP contribution in [0.5, 0.6) is 0 Å². The summed E-state index contributed by atoms with van der Waals surface area (Å²) in [5, 5.41) is 23.9. The molecule has 0 bridgehead atoms. The lowest BCUT2D eigenvalue weighted by Gasteiger charge is -2.14. The number of benzene rings is 2. The Bertz CT molecular complexity index is 753. The van der Waals surface area contributed by atoms with Crippen LogP contribution in [0.15, 0.2) is 52.3 Å². The van der Waals surface area contributed by atoms with Crippen LogP contribution in [0.4, 0.5) is 5.69 Å². The molecule has 0 heterocycles. The third-order valence-corrected chi connectivity index (χ3v) is 4.33. The summed E-state index contributed by atoms with van der Waals surface area (Å²) in [5.41, 5.74) is 8.89. The van der Waals surface area contributed by atoms with Gasteiger partial charge >= 0.3 is 11.9 Å². The molecule has 0 amide bonds. The third-order valence-electron chi connectivity index (χ3n) is 3.12. The molecule has 5 N–H and O–H groups in total. The van der Waals surface area contributed by atoms with Gasteiger partial charge in [0, 0.05) is 22.0 Å². The van der Waals surface area contributed by atoms with Gasteiger partial charge in [0.15, 0.2) is 0 Å². The summed E-state index contributed by atoms with van der Waals surface area (Å²) in [6.45, 7) is 0.921. The highest BCUT2D eigenvalue weighted by atomic mass is 32.2. The van der Waals surface area contributed by atoms with Gasteiger partial charge in [-0.3, -0.25) is 0 Å². The summed E-state index contributed by atoms with van der Waals surface area (Å²) < 4.78 is 0. The Balaban J connectivity index is 0.000000487. The number of carboxylic acids is 2. The minimum Gasteiger partial charge on any atom is -0.473 e. The van der Waals surface area contributed by atoms with Gasteiger partial charge in [0.05, 0.1) is 6.61 Å². The second-order valence-corrected chi connectivity index (χ2v) is 6.67. The second-order valence-electron chi connectivity index (χ2n) is 5.59. The molecule has 0 atom stereocenters. The highest BCUT2D eigenvalue weighted by molar-refractivity contribution is 7.99. The number of aliphatic carboxylic acids is 2. The van der Waals surface area contributed by atoms with E-state index in [-0.39, 0.29) is 6.61 Å². The molecule has 0 aliphatic rings. The van der Waals surface area contributed by atoms with E-state index in [1.807, 2.05) is 24.3 Å². The zero-order valence-electron chi connectivity index (χ0n) is 14.5. The number of rotatable bonds is 5. The highest BCUT2D eigenvalue weighted by Crippen LogP contribution is 2.34. The normalized spacial score (nSPS) is 10.2. The molecule has 0 saturated heterocycles. The van der Waals surface area contributed by atoms with Gasteiger partial charge in [-0.2, -0.15) is 0 Å². The molecule has 2 rings (SSSR count). The molecule has 0 fully saturated rings. The number of aliphatic hydroxyl groups is 1. The zero-order chi connectivity index (χ0) is 19.7. The summed E-state index contributed by atoms with van der Waals surface area (Å²) in [7, 11) is 4.12. The van der Waals surface area contributed by atoms with E-state index in [0.717, 1.165) is 17.0 Å². The Labute approximate surface area is 156 Å². The largest absolute Gasteiger partial charge is 0.473 e. The number of nitrogens with zero attached hydrogens (tertiary/aromatic N) is 1. The van der Waals surface area contributed by atoms with Crippen molar-refractivity contribution in [1.82, 2.24) is 4.90 Å². The number of carboxylic acid groups (broad SMARTS) is 2. The predicted octanol–water partition coefficient (Wildman–Crippen LogP) is 2.13. The van der Waals surface area contributed by atoms with Gasteiger partial charge in [0.25, 0.3) is 0 Å². The number of hydrogen-bond donors (Lipinski definition) is 4. The Kier molecular flexibility index (Phi) is 8.63. The van der Waals surface area contributed by atoms with E-state index in [1.165, 1.54) is 10.5 Å². The summed E-state index contributed by atoms with van der Waals surface area (Å²) >= 11 is 1.67. The van der Waals surface area contributed by atoms with Crippen molar-refractivity contribution in [3.8, 4) is 0 Å². The first-order chi connectivity index (χ1) is 12.2. The molecule has 2 aromatic rings. The minimum absolute atomic E-state index is 0.0202. The second kappa shape index (κ2) is 10.4.